The number of hydrogen-bond donors (Lipinski definition) is 2. The molecule has 0 spiro atoms. The molecule has 4 heteroatoms. The Bertz CT molecular complexity index is 986. The van der Waals surface area contributed by atoms with Crippen LogP contribution in [-0.4, -0.2) is 16.5 Å². The van der Waals surface area contributed by atoms with Gasteiger partial charge in [0.15, 0.2) is 0 Å². The number of rotatable bonds is 3. The van der Waals surface area contributed by atoms with Gasteiger partial charge in [0.25, 0.3) is 0 Å². The molecule has 26 heavy (non-hydrogen) atoms. The molecule has 1 atom stereocenters. The van der Waals surface area contributed by atoms with E-state index in [-0.39, 0.29) is 11.9 Å². The average molecular weight is 347 g/mol. The summed E-state index contributed by atoms with van der Waals surface area (Å²) in [5, 5.41) is 7.94. The number of para-hydroxylation sites is 2. The van der Waals surface area contributed by atoms with Gasteiger partial charge in [-0.2, -0.15) is 0 Å². The third-order valence-corrected chi connectivity index (χ3v) is 5.19. The van der Waals surface area contributed by atoms with Crippen LogP contribution in [0.4, 0.5) is 11.4 Å². The minimum Gasteiger partial charge on any atom is -0.380 e. The van der Waals surface area contributed by atoms with Crippen molar-refractivity contribution in [2.45, 2.75) is 39.2 Å². The highest BCUT2D eigenvalue weighted by molar-refractivity contribution is 6.02. The maximum Gasteiger partial charge on any atom is 0.226 e. The molecule has 4 nitrogen and oxygen atoms in total. The van der Waals surface area contributed by atoms with E-state index in [1.54, 1.807) is 0 Å². The summed E-state index contributed by atoms with van der Waals surface area (Å²) in [6, 6.07) is 14.8. The molecule has 1 aliphatic heterocycles. The van der Waals surface area contributed by atoms with Crippen LogP contribution in [-0.2, 0) is 18.3 Å². The van der Waals surface area contributed by atoms with Crippen LogP contribution in [0.2, 0.25) is 0 Å². The van der Waals surface area contributed by atoms with Crippen LogP contribution < -0.4 is 10.6 Å². The van der Waals surface area contributed by atoms with Crippen LogP contribution in [0.1, 0.15) is 32.3 Å². The fourth-order valence-electron chi connectivity index (χ4n) is 4.10. The number of benzene rings is 2. The van der Waals surface area contributed by atoms with Crippen molar-refractivity contribution in [3.8, 4) is 11.3 Å². The van der Waals surface area contributed by atoms with E-state index in [0.29, 0.717) is 6.42 Å². The maximum atomic E-state index is 12.1. The van der Waals surface area contributed by atoms with Gasteiger partial charge in [-0.05, 0) is 31.0 Å². The lowest BCUT2D eigenvalue weighted by atomic mass is 9.99. The van der Waals surface area contributed by atoms with E-state index < -0.39 is 0 Å². The first-order valence-corrected chi connectivity index (χ1v) is 9.36. The van der Waals surface area contributed by atoms with E-state index in [2.05, 4.69) is 66.4 Å². The molecule has 0 aliphatic carbocycles. The van der Waals surface area contributed by atoms with Crippen LogP contribution in [0.15, 0.2) is 42.5 Å². The lowest BCUT2D eigenvalue weighted by Crippen LogP contribution is -2.19. The number of nitrogens with one attached hydrogen (secondary N) is 2. The molecule has 1 amide bonds. The van der Waals surface area contributed by atoms with E-state index in [4.69, 9.17) is 0 Å². The Balaban J connectivity index is 2.00. The molecule has 1 unspecified atom stereocenters. The fourth-order valence-corrected chi connectivity index (χ4v) is 4.10. The van der Waals surface area contributed by atoms with Gasteiger partial charge in [-0.15, -0.1) is 0 Å². The van der Waals surface area contributed by atoms with Crippen LogP contribution in [0.25, 0.3) is 22.2 Å². The number of aromatic nitrogens is 1. The average Bonchev–Trinajstić information content (AvgIpc) is 2.79. The van der Waals surface area contributed by atoms with Crippen molar-refractivity contribution in [3.05, 3.63) is 48.0 Å². The number of carbonyl (C=O) groups excluding carboxylic acids is 1. The zero-order valence-electron chi connectivity index (χ0n) is 15.6. The quantitative estimate of drug-likeness (QED) is 0.705. The van der Waals surface area contributed by atoms with E-state index in [9.17, 15) is 4.79 Å². The summed E-state index contributed by atoms with van der Waals surface area (Å²) in [7, 11) is 2.13. The molecular formula is C22H25N3O. The minimum absolute atomic E-state index is 0.0618. The summed E-state index contributed by atoms with van der Waals surface area (Å²) in [6.07, 6.45) is 2.60. The van der Waals surface area contributed by atoms with E-state index in [0.717, 1.165) is 29.8 Å². The van der Waals surface area contributed by atoms with E-state index in [1.807, 2.05) is 12.1 Å². The molecule has 0 fully saturated rings. The predicted octanol–water partition coefficient (Wildman–Crippen LogP) is 4.94. The summed E-state index contributed by atoms with van der Waals surface area (Å²) >= 11 is 0. The molecule has 3 aromatic rings. The summed E-state index contributed by atoms with van der Waals surface area (Å²) in [4.78, 5) is 12.1. The first kappa shape index (κ1) is 16.7. The van der Waals surface area contributed by atoms with Gasteiger partial charge in [0.05, 0.1) is 17.1 Å². The third-order valence-electron chi connectivity index (χ3n) is 5.19. The predicted molar refractivity (Wildman–Crippen MR) is 109 cm³/mol. The largest absolute Gasteiger partial charge is 0.380 e. The molecule has 134 valence electrons. The Labute approximate surface area is 154 Å². The number of amides is 1. The van der Waals surface area contributed by atoms with Crippen LogP contribution >= 0.6 is 0 Å². The summed E-state index contributed by atoms with van der Waals surface area (Å²) in [6.45, 7) is 4.28. The second-order valence-electron chi connectivity index (χ2n) is 7.18. The van der Waals surface area contributed by atoms with Crippen molar-refractivity contribution in [3.63, 3.8) is 0 Å². The fraction of sp³-hybridized carbons (Fsp3) is 0.318. The van der Waals surface area contributed by atoms with Gasteiger partial charge in [-0.25, -0.2) is 0 Å². The van der Waals surface area contributed by atoms with Crippen molar-refractivity contribution >= 4 is 28.2 Å². The molecule has 2 N–H and O–H groups in total. The smallest absolute Gasteiger partial charge is 0.226 e. The Morgan fingerprint density at radius 3 is 2.77 bits per heavy atom. The first-order valence-electron chi connectivity index (χ1n) is 9.36. The summed E-state index contributed by atoms with van der Waals surface area (Å²) < 4.78 is 2.29. The Hall–Kier alpha value is -2.75. The SMILES string of the molecule is CCCc1c(-c2cccc3c2NC(C)CC(=O)N3)n(C)c2ccccc12. The molecule has 4 rings (SSSR count). The van der Waals surface area contributed by atoms with Crippen LogP contribution in [0, 0.1) is 0 Å². The number of nitrogens with zero attached hydrogens (tertiary/aromatic N) is 1. The van der Waals surface area contributed by atoms with Gasteiger partial charge >= 0.3 is 0 Å². The Morgan fingerprint density at radius 2 is 1.96 bits per heavy atom. The zero-order chi connectivity index (χ0) is 18.3. The molecule has 2 aromatic carbocycles. The highest BCUT2D eigenvalue weighted by atomic mass is 16.1. The molecule has 1 aliphatic rings. The number of aryl methyl sites for hydroxylation is 2. The van der Waals surface area contributed by atoms with Crippen LogP contribution in [0.5, 0.6) is 0 Å². The summed E-state index contributed by atoms with van der Waals surface area (Å²) in [5.41, 5.74) is 6.90. The number of anilines is 2. The van der Waals surface area contributed by atoms with Gasteiger partial charge in [-0.3, -0.25) is 4.79 Å². The molecule has 0 saturated heterocycles. The molecular weight excluding hydrogens is 322 g/mol. The standard InChI is InChI=1S/C22H25N3O/c1-4-8-16-15-9-5-6-12-19(15)25(3)22(16)17-10-7-11-18-21(17)23-14(2)13-20(26)24-18/h5-7,9-12,14,23H,4,8,13H2,1-3H3,(H,24,26). The van der Waals surface area contributed by atoms with Gasteiger partial charge in [0.1, 0.15) is 0 Å². The van der Waals surface area contributed by atoms with Crippen molar-refractivity contribution in [2.24, 2.45) is 7.05 Å². The molecule has 1 aromatic heterocycles. The number of hydrogen-bond acceptors (Lipinski definition) is 2. The lowest BCUT2D eigenvalue weighted by molar-refractivity contribution is -0.116. The van der Waals surface area contributed by atoms with E-state index >= 15 is 0 Å². The van der Waals surface area contributed by atoms with Gasteiger partial charge in [-0.1, -0.05) is 43.7 Å². The Morgan fingerprint density at radius 1 is 1.15 bits per heavy atom. The molecule has 2 heterocycles. The van der Waals surface area contributed by atoms with Gasteiger partial charge < -0.3 is 15.2 Å². The minimum atomic E-state index is 0.0618. The van der Waals surface area contributed by atoms with E-state index in [1.165, 1.54) is 22.2 Å². The van der Waals surface area contributed by atoms with Crippen LogP contribution in [0.3, 0.4) is 0 Å². The Kier molecular flexibility index (Phi) is 4.19. The highest BCUT2D eigenvalue weighted by Gasteiger charge is 2.24. The van der Waals surface area contributed by atoms with Crippen molar-refractivity contribution in [1.82, 2.24) is 4.57 Å². The molecule has 0 bridgehead atoms. The van der Waals surface area contributed by atoms with Gasteiger partial charge in [0, 0.05) is 36.0 Å². The monoisotopic (exact) mass is 347 g/mol. The maximum absolute atomic E-state index is 12.1. The summed E-state index contributed by atoms with van der Waals surface area (Å²) in [5.74, 6) is 0.0618. The first-order chi connectivity index (χ1) is 12.6. The third kappa shape index (κ3) is 2.66. The topological polar surface area (TPSA) is 46.1 Å². The zero-order valence-corrected chi connectivity index (χ0v) is 15.6. The normalized spacial score (nSPS) is 16.7. The van der Waals surface area contributed by atoms with Gasteiger partial charge in [0.2, 0.25) is 5.91 Å². The molecule has 0 radical (unpaired) electrons. The van der Waals surface area contributed by atoms with Crippen molar-refractivity contribution in [2.75, 3.05) is 10.6 Å². The number of carbonyl (C=O) groups is 1. The van der Waals surface area contributed by atoms with Crippen molar-refractivity contribution in [1.29, 1.82) is 0 Å². The molecule has 0 saturated carbocycles. The number of fused-ring (bicyclic) bond motifs is 2. The second-order valence-corrected chi connectivity index (χ2v) is 7.18. The lowest BCUT2D eigenvalue weighted by Gasteiger charge is -2.18. The second kappa shape index (κ2) is 6.52. The van der Waals surface area contributed by atoms with Crippen molar-refractivity contribution < 1.29 is 4.79 Å². The highest BCUT2D eigenvalue weighted by Crippen LogP contribution is 2.41.